The van der Waals surface area contributed by atoms with Gasteiger partial charge in [-0.1, -0.05) is 0 Å². The van der Waals surface area contributed by atoms with E-state index in [-0.39, 0.29) is 6.42 Å². The number of rotatable bonds is 4. The summed E-state index contributed by atoms with van der Waals surface area (Å²) in [7, 11) is 0. The molecule has 6 heteroatoms. The van der Waals surface area contributed by atoms with Crippen molar-refractivity contribution in [1.82, 2.24) is 9.97 Å². The van der Waals surface area contributed by atoms with E-state index >= 15 is 0 Å². The number of hydrogen-bond acceptors (Lipinski definition) is 4. The molecule has 1 aromatic rings. The standard InChI is InChI=1S/C10H11BrN2O3/c11-6-4-12-10(5-1-2-5)13-9(6)7(14)3-8(15)16/h4-5,7,14H,1-3H2,(H,15,16)/t7-/m1/s1. The summed E-state index contributed by atoms with van der Waals surface area (Å²) < 4.78 is 0.547. The van der Waals surface area contributed by atoms with Gasteiger partial charge in [0.15, 0.2) is 0 Å². The van der Waals surface area contributed by atoms with Gasteiger partial charge < -0.3 is 10.2 Å². The molecule has 0 aromatic carbocycles. The summed E-state index contributed by atoms with van der Waals surface area (Å²) in [6.07, 6.45) is 2.26. The molecular weight excluding hydrogens is 276 g/mol. The average Bonchev–Trinajstić information content (AvgIpc) is 3.00. The summed E-state index contributed by atoms with van der Waals surface area (Å²) in [5.74, 6) is 0.0255. The molecule has 1 saturated carbocycles. The van der Waals surface area contributed by atoms with Gasteiger partial charge in [0.2, 0.25) is 0 Å². The van der Waals surface area contributed by atoms with Gasteiger partial charge in [0, 0.05) is 12.1 Å². The van der Waals surface area contributed by atoms with Crippen LogP contribution in [0.3, 0.4) is 0 Å². The lowest BCUT2D eigenvalue weighted by molar-refractivity contribution is -0.139. The van der Waals surface area contributed by atoms with Crippen molar-refractivity contribution in [3.63, 3.8) is 0 Å². The lowest BCUT2D eigenvalue weighted by Crippen LogP contribution is -2.09. The number of aliphatic carboxylic acids is 1. The predicted molar refractivity (Wildman–Crippen MR) is 58.9 cm³/mol. The maximum absolute atomic E-state index is 10.5. The number of nitrogens with zero attached hydrogens (tertiary/aromatic N) is 2. The van der Waals surface area contributed by atoms with Gasteiger partial charge in [-0.2, -0.15) is 0 Å². The molecule has 0 aliphatic heterocycles. The van der Waals surface area contributed by atoms with E-state index in [4.69, 9.17) is 5.11 Å². The van der Waals surface area contributed by atoms with Crippen LogP contribution < -0.4 is 0 Å². The molecule has 16 heavy (non-hydrogen) atoms. The zero-order valence-electron chi connectivity index (χ0n) is 8.43. The van der Waals surface area contributed by atoms with Crippen molar-refractivity contribution in [3.05, 3.63) is 22.2 Å². The molecule has 2 N–H and O–H groups in total. The van der Waals surface area contributed by atoms with Crippen LogP contribution in [0.25, 0.3) is 0 Å². The molecule has 1 aromatic heterocycles. The van der Waals surface area contributed by atoms with Crippen LogP contribution in [0.4, 0.5) is 0 Å². The average molecular weight is 287 g/mol. The molecule has 0 spiro atoms. The SMILES string of the molecule is O=C(O)C[C@@H](O)c1nc(C2CC2)ncc1Br. The van der Waals surface area contributed by atoms with E-state index in [0.717, 1.165) is 12.8 Å². The Morgan fingerprint density at radius 3 is 2.88 bits per heavy atom. The highest BCUT2D eigenvalue weighted by atomic mass is 79.9. The Kier molecular flexibility index (Phi) is 3.20. The number of aromatic nitrogens is 2. The Morgan fingerprint density at radius 2 is 2.31 bits per heavy atom. The molecule has 0 bridgehead atoms. The first-order chi connectivity index (χ1) is 7.58. The lowest BCUT2D eigenvalue weighted by Gasteiger charge is -2.10. The van der Waals surface area contributed by atoms with Gasteiger partial charge in [-0.3, -0.25) is 4.79 Å². The van der Waals surface area contributed by atoms with E-state index in [1.807, 2.05) is 0 Å². The zero-order chi connectivity index (χ0) is 11.7. The lowest BCUT2D eigenvalue weighted by atomic mass is 10.2. The van der Waals surface area contributed by atoms with Crippen LogP contribution in [0.1, 0.15) is 42.8 Å². The molecule has 0 unspecified atom stereocenters. The van der Waals surface area contributed by atoms with Crippen LogP contribution in [0.15, 0.2) is 10.7 Å². The number of halogens is 1. The normalized spacial score (nSPS) is 17.1. The van der Waals surface area contributed by atoms with Crippen molar-refractivity contribution < 1.29 is 15.0 Å². The fourth-order valence-corrected chi connectivity index (χ4v) is 1.88. The van der Waals surface area contributed by atoms with Gasteiger partial charge in [0.25, 0.3) is 0 Å². The molecule has 0 amide bonds. The molecule has 1 aliphatic rings. The van der Waals surface area contributed by atoms with Crippen molar-refractivity contribution in [3.8, 4) is 0 Å². The molecule has 2 rings (SSSR count). The number of carboxylic acid groups (broad SMARTS) is 1. The third-order valence-electron chi connectivity index (χ3n) is 2.42. The van der Waals surface area contributed by atoms with E-state index < -0.39 is 12.1 Å². The molecule has 1 atom stereocenters. The van der Waals surface area contributed by atoms with Gasteiger partial charge in [-0.25, -0.2) is 9.97 Å². The van der Waals surface area contributed by atoms with Crippen LogP contribution in [0.5, 0.6) is 0 Å². The highest BCUT2D eigenvalue weighted by molar-refractivity contribution is 9.10. The van der Waals surface area contributed by atoms with Gasteiger partial charge in [-0.05, 0) is 28.8 Å². The Morgan fingerprint density at radius 1 is 1.62 bits per heavy atom. The second-order valence-corrected chi connectivity index (χ2v) is 4.70. The van der Waals surface area contributed by atoms with Crippen LogP contribution in [-0.4, -0.2) is 26.2 Å². The van der Waals surface area contributed by atoms with Gasteiger partial charge >= 0.3 is 5.97 Å². The third kappa shape index (κ3) is 2.56. The number of aliphatic hydroxyl groups is 1. The predicted octanol–water partition coefficient (Wildman–Crippen LogP) is 1.62. The summed E-state index contributed by atoms with van der Waals surface area (Å²) in [5.41, 5.74) is 0.360. The zero-order valence-corrected chi connectivity index (χ0v) is 10.0. The van der Waals surface area contributed by atoms with Crippen molar-refractivity contribution in [2.45, 2.75) is 31.3 Å². The Hall–Kier alpha value is -1.01. The fraction of sp³-hybridized carbons (Fsp3) is 0.500. The third-order valence-corrected chi connectivity index (χ3v) is 3.03. The van der Waals surface area contributed by atoms with Crippen LogP contribution >= 0.6 is 15.9 Å². The number of carboxylic acids is 1. The summed E-state index contributed by atoms with van der Waals surface area (Å²) in [5, 5.41) is 18.3. The van der Waals surface area contributed by atoms with Crippen LogP contribution in [0, 0.1) is 0 Å². The quantitative estimate of drug-likeness (QED) is 0.879. The number of hydrogen-bond donors (Lipinski definition) is 2. The minimum absolute atomic E-state index is 0.348. The summed E-state index contributed by atoms with van der Waals surface area (Å²) >= 11 is 3.21. The smallest absolute Gasteiger partial charge is 0.306 e. The van der Waals surface area contributed by atoms with Gasteiger partial charge in [0.05, 0.1) is 16.6 Å². The van der Waals surface area contributed by atoms with E-state index in [0.29, 0.717) is 21.9 Å². The largest absolute Gasteiger partial charge is 0.481 e. The molecule has 5 nitrogen and oxygen atoms in total. The minimum Gasteiger partial charge on any atom is -0.481 e. The highest BCUT2D eigenvalue weighted by Crippen LogP contribution is 2.38. The van der Waals surface area contributed by atoms with E-state index in [2.05, 4.69) is 25.9 Å². The van der Waals surface area contributed by atoms with E-state index in [9.17, 15) is 9.90 Å². The number of aliphatic hydroxyl groups excluding tert-OH is 1. The second kappa shape index (κ2) is 4.47. The molecule has 1 heterocycles. The summed E-state index contributed by atoms with van der Waals surface area (Å²) in [6, 6.07) is 0. The minimum atomic E-state index is -1.09. The van der Waals surface area contributed by atoms with Crippen LogP contribution in [-0.2, 0) is 4.79 Å². The first-order valence-electron chi connectivity index (χ1n) is 5.00. The van der Waals surface area contributed by atoms with Crippen molar-refractivity contribution >= 4 is 21.9 Å². The summed E-state index contributed by atoms with van der Waals surface area (Å²) in [4.78, 5) is 18.9. The van der Waals surface area contributed by atoms with E-state index in [1.165, 1.54) is 0 Å². The van der Waals surface area contributed by atoms with Crippen LogP contribution in [0.2, 0.25) is 0 Å². The Labute approximate surface area is 101 Å². The topological polar surface area (TPSA) is 83.3 Å². The maximum atomic E-state index is 10.5. The maximum Gasteiger partial charge on any atom is 0.306 e. The monoisotopic (exact) mass is 286 g/mol. The van der Waals surface area contributed by atoms with Crippen molar-refractivity contribution in [2.24, 2.45) is 0 Å². The second-order valence-electron chi connectivity index (χ2n) is 3.85. The Balaban J connectivity index is 2.23. The summed E-state index contributed by atoms with van der Waals surface area (Å²) in [6.45, 7) is 0. The molecule has 86 valence electrons. The molecule has 0 radical (unpaired) electrons. The molecule has 1 aliphatic carbocycles. The molecule has 1 fully saturated rings. The van der Waals surface area contributed by atoms with E-state index in [1.54, 1.807) is 6.20 Å². The van der Waals surface area contributed by atoms with Crippen molar-refractivity contribution in [2.75, 3.05) is 0 Å². The molecule has 0 saturated heterocycles. The van der Waals surface area contributed by atoms with Gasteiger partial charge in [-0.15, -0.1) is 0 Å². The fourth-order valence-electron chi connectivity index (χ4n) is 1.43. The first kappa shape index (κ1) is 11.5. The number of carbonyl (C=O) groups is 1. The first-order valence-corrected chi connectivity index (χ1v) is 5.79. The van der Waals surface area contributed by atoms with Crippen molar-refractivity contribution in [1.29, 1.82) is 0 Å². The molecular formula is C10H11BrN2O3. The highest BCUT2D eigenvalue weighted by Gasteiger charge is 2.28. The van der Waals surface area contributed by atoms with Gasteiger partial charge in [0.1, 0.15) is 11.9 Å². The Bertz CT molecular complexity index is 421.